The van der Waals surface area contributed by atoms with Crippen molar-refractivity contribution >= 4 is 33.7 Å². The molecule has 11 heteroatoms. The van der Waals surface area contributed by atoms with Gasteiger partial charge in [0.1, 0.15) is 11.4 Å². The number of ketones is 1. The van der Waals surface area contributed by atoms with Gasteiger partial charge in [-0.15, -0.1) is 16.4 Å². The lowest BCUT2D eigenvalue weighted by Crippen LogP contribution is -2.07. The van der Waals surface area contributed by atoms with Crippen molar-refractivity contribution < 1.29 is 18.0 Å². The number of halogens is 4. The van der Waals surface area contributed by atoms with Crippen LogP contribution >= 0.6 is 22.9 Å². The molecule has 0 aliphatic heterocycles. The molecule has 0 radical (unpaired) electrons. The van der Waals surface area contributed by atoms with Crippen LogP contribution in [-0.2, 0) is 6.18 Å². The van der Waals surface area contributed by atoms with E-state index in [2.05, 4.69) is 15.3 Å². The normalized spacial score (nSPS) is 11.9. The van der Waals surface area contributed by atoms with E-state index in [1.54, 1.807) is 34.9 Å². The molecule has 0 bridgehead atoms. The summed E-state index contributed by atoms with van der Waals surface area (Å²) < 4.78 is 41.3. The van der Waals surface area contributed by atoms with E-state index in [4.69, 9.17) is 11.6 Å². The number of hydrogen-bond acceptors (Lipinski definition) is 5. The number of alkyl halides is 3. The molecule has 5 aromatic rings. The van der Waals surface area contributed by atoms with Gasteiger partial charge >= 0.3 is 6.18 Å². The first-order valence-electron chi connectivity index (χ1n) is 9.17. The van der Waals surface area contributed by atoms with E-state index in [1.807, 2.05) is 5.38 Å². The predicted molar refractivity (Wildman–Crippen MR) is 113 cm³/mol. The van der Waals surface area contributed by atoms with Crippen molar-refractivity contribution in [3.8, 4) is 16.9 Å². The van der Waals surface area contributed by atoms with E-state index >= 15 is 0 Å². The van der Waals surface area contributed by atoms with E-state index in [-0.39, 0.29) is 5.69 Å². The number of carbonyl (C=O) groups is 1. The van der Waals surface area contributed by atoms with E-state index < -0.39 is 17.5 Å². The number of hydrogen-bond donors (Lipinski definition) is 0. The van der Waals surface area contributed by atoms with Crippen LogP contribution in [0.25, 0.3) is 21.9 Å². The van der Waals surface area contributed by atoms with Crippen molar-refractivity contribution in [1.82, 2.24) is 24.4 Å². The number of thiazole rings is 1. The smallest absolute Gasteiger partial charge is 0.287 e. The number of aromatic nitrogens is 5. The summed E-state index contributed by atoms with van der Waals surface area (Å²) in [5, 5.41) is 10.2. The fraction of sp³-hybridized carbons (Fsp3) is 0.0476. The molecule has 3 aromatic heterocycles. The summed E-state index contributed by atoms with van der Waals surface area (Å²) in [6.07, 6.45) is -1.32. The third-order valence-corrected chi connectivity index (χ3v) is 5.79. The van der Waals surface area contributed by atoms with Gasteiger partial charge in [-0.1, -0.05) is 28.9 Å². The molecule has 2 aromatic carbocycles. The van der Waals surface area contributed by atoms with Crippen molar-refractivity contribution in [2.45, 2.75) is 6.18 Å². The molecule has 32 heavy (non-hydrogen) atoms. The topological polar surface area (TPSA) is 65.1 Å². The van der Waals surface area contributed by atoms with Crippen LogP contribution in [0.3, 0.4) is 0 Å². The fourth-order valence-corrected chi connectivity index (χ4v) is 4.07. The monoisotopic (exact) mass is 473 g/mol. The van der Waals surface area contributed by atoms with Crippen molar-refractivity contribution in [3.63, 3.8) is 0 Å². The zero-order valence-corrected chi connectivity index (χ0v) is 17.5. The lowest BCUT2D eigenvalue weighted by atomic mass is 10.1. The standard InChI is InChI=1S/C21H11ClF3N5OS/c22-14-5-1-12(2-6-14)17-18(29-9-10-32-20(29)26-17)19(31)16-11-30(28-27-16)15-7-3-13(4-8-15)21(23,24)25/h1-11H. The van der Waals surface area contributed by atoms with Crippen LogP contribution in [0.5, 0.6) is 0 Å². The van der Waals surface area contributed by atoms with Gasteiger partial charge in [-0.05, 0) is 36.4 Å². The van der Waals surface area contributed by atoms with Gasteiger partial charge in [-0.3, -0.25) is 9.20 Å². The molecule has 0 fully saturated rings. The Hall–Kier alpha value is -3.50. The third kappa shape index (κ3) is 3.57. The van der Waals surface area contributed by atoms with Crippen molar-refractivity contribution in [2.75, 3.05) is 0 Å². The Labute approximate surface area is 187 Å². The number of fused-ring (bicyclic) bond motifs is 1. The van der Waals surface area contributed by atoms with Gasteiger partial charge in [-0.2, -0.15) is 13.2 Å². The largest absolute Gasteiger partial charge is 0.416 e. The maximum Gasteiger partial charge on any atom is 0.416 e. The molecular weight excluding hydrogens is 463 g/mol. The average molecular weight is 474 g/mol. The Bertz CT molecular complexity index is 1440. The summed E-state index contributed by atoms with van der Waals surface area (Å²) in [5.41, 5.74) is 1.10. The first kappa shape index (κ1) is 20.4. The highest BCUT2D eigenvalue weighted by Crippen LogP contribution is 2.31. The first-order chi connectivity index (χ1) is 15.3. The molecule has 3 heterocycles. The minimum atomic E-state index is -4.44. The Morgan fingerprint density at radius 2 is 1.75 bits per heavy atom. The molecule has 0 unspecified atom stereocenters. The summed E-state index contributed by atoms with van der Waals surface area (Å²) in [6, 6.07) is 11.4. The molecule has 0 aliphatic rings. The summed E-state index contributed by atoms with van der Waals surface area (Å²) in [5.74, 6) is -0.418. The molecule has 0 aliphatic carbocycles. The molecule has 0 saturated carbocycles. The molecule has 0 amide bonds. The van der Waals surface area contributed by atoms with Crippen LogP contribution in [0.4, 0.5) is 13.2 Å². The maximum absolute atomic E-state index is 13.4. The summed E-state index contributed by atoms with van der Waals surface area (Å²) in [4.78, 5) is 18.6. The zero-order valence-electron chi connectivity index (χ0n) is 15.9. The van der Waals surface area contributed by atoms with E-state index in [0.29, 0.717) is 32.6 Å². The van der Waals surface area contributed by atoms with Gasteiger partial charge in [0, 0.05) is 22.2 Å². The lowest BCUT2D eigenvalue weighted by molar-refractivity contribution is -0.137. The second kappa shape index (κ2) is 7.57. The van der Waals surface area contributed by atoms with Crippen molar-refractivity contribution in [3.05, 3.63) is 88.3 Å². The fourth-order valence-electron chi connectivity index (χ4n) is 3.23. The van der Waals surface area contributed by atoms with Crippen LogP contribution in [0.2, 0.25) is 5.02 Å². The SMILES string of the molecule is O=C(c1cn(-c2ccc(C(F)(F)F)cc2)nn1)c1c(-c2ccc(Cl)cc2)nc2sccn12. The highest BCUT2D eigenvalue weighted by molar-refractivity contribution is 7.15. The van der Waals surface area contributed by atoms with Gasteiger partial charge in [0.25, 0.3) is 0 Å². The van der Waals surface area contributed by atoms with E-state index in [1.165, 1.54) is 34.3 Å². The zero-order chi connectivity index (χ0) is 22.5. The third-order valence-electron chi connectivity index (χ3n) is 4.78. The molecule has 0 N–H and O–H groups in total. The lowest BCUT2D eigenvalue weighted by Gasteiger charge is -2.07. The van der Waals surface area contributed by atoms with Crippen molar-refractivity contribution in [2.24, 2.45) is 0 Å². The average Bonchev–Trinajstić information content (AvgIpc) is 3.49. The minimum absolute atomic E-state index is 0.0353. The number of benzene rings is 2. The van der Waals surface area contributed by atoms with Crippen LogP contribution in [-0.4, -0.2) is 30.2 Å². The second-order valence-corrected chi connectivity index (χ2v) is 8.10. The second-order valence-electron chi connectivity index (χ2n) is 6.79. The Morgan fingerprint density at radius 3 is 2.44 bits per heavy atom. The minimum Gasteiger partial charge on any atom is -0.287 e. The van der Waals surface area contributed by atoms with Gasteiger partial charge < -0.3 is 0 Å². The van der Waals surface area contributed by atoms with Crippen LogP contribution < -0.4 is 0 Å². The predicted octanol–water partition coefficient (Wildman–Crippen LogP) is 5.55. The number of imidazole rings is 1. The highest BCUT2D eigenvalue weighted by Gasteiger charge is 2.30. The number of carbonyl (C=O) groups excluding carboxylic acids is 1. The van der Waals surface area contributed by atoms with Gasteiger partial charge in [0.05, 0.1) is 17.4 Å². The van der Waals surface area contributed by atoms with E-state index in [0.717, 1.165) is 12.1 Å². The molecule has 0 atom stereocenters. The van der Waals surface area contributed by atoms with Gasteiger partial charge in [0.2, 0.25) is 5.78 Å². The Balaban J connectivity index is 1.53. The first-order valence-corrected chi connectivity index (χ1v) is 10.4. The summed E-state index contributed by atoms with van der Waals surface area (Å²) in [7, 11) is 0. The molecule has 160 valence electrons. The Kier molecular flexibility index (Phi) is 4.83. The molecule has 0 spiro atoms. The number of nitrogens with zero attached hydrogens (tertiary/aromatic N) is 5. The van der Waals surface area contributed by atoms with E-state index in [9.17, 15) is 18.0 Å². The molecular formula is C21H11ClF3N5OS. The van der Waals surface area contributed by atoms with Crippen LogP contribution in [0.1, 0.15) is 21.7 Å². The maximum atomic E-state index is 13.4. The van der Waals surface area contributed by atoms with Crippen molar-refractivity contribution in [1.29, 1.82) is 0 Å². The summed E-state index contributed by atoms with van der Waals surface area (Å²) in [6.45, 7) is 0. The highest BCUT2D eigenvalue weighted by atomic mass is 35.5. The quantitative estimate of drug-likeness (QED) is 0.321. The van der Waals surface area contributed by atoms with Crippen LogP contribution in [0.15, 0.2) is 66.3 Å². The molecule has 6 nitrogen and oxygen atoms in total. The van der Waals surface area contributed by atoms with Gasteiger partial charge in [-0.25, -0.2) is 9.67 Å². The number of rotatable bonds is 4. The molecule has 5 rings (SSSR count). The van der Waals surface area contributed by atoms with Crippen LogP contribution in [0, 0.1) is 0 Å². The molecule has 0 saturated heterocycles. The Morgan fingerprint density at radius 1 is 1.03 bits per heavy atom. The van der Waals surface area contributed by atoms with Gasteiger partial charge in [0.15, 0.2) is 10.7 Å². The summed E-state index contributed by atoms with van der Waals surface area (Å²) >= 11 is 7.36.